The van der Waals surface area contributed by atoms with Gasteiger partial charge in [0.2, 0.25) is 0 Å². The quantitative estimate of drug-likeness (QED) is 0.776. The van der Waals surface area contributed by atoms with Gasteiger partial charge in [0, 0.05) is 18.8 Å². The van der Waals surface area contributed by atoms with E-state index < -0.39 is 0 Å². The van der Waals surface area contributed by atoms with Crippen LogP contribution >= 0.6 is 12.4 Å². The zero-order valence-corrected chi connectivity index (χ0v) is 10.6. The highest BCUT2D eigenvalue weighted by Crippen LogP contribution is 2.15. The first kappa shape index (κ1) is 13.8. The second-order valence-electron chi connectivity index (χ2n) is 4.02. The third-order valence-electron chi connectivity index (χ3n) is 2.72. The van der Waals surface area contributed by atoms with E-state index in [0.29, 0.717) is 30.9 Å². The summed E-state index contributed by atoms with van der Waals surface area (Å²) in [5.74, 6) is -0.00625. The number of carbonyl (C=O) groups is 1. The lowest BCUT2D eigenvalue weighted by molar-refractivity contribution is -0.0123. The smallest absolute Gasteiger partial charge is 0.256 e. The van der Waals surface area contributed by atoms with E-state index in [2.05, 4.69) is 0 Å². The zero-order valence-electron chi connectivity index (χ0n) is 9.76. The summed E-state index contributed by atoms with van der Waals surface area (Å²) in [7, 11) is 0. The first-order chi connectivity index (χ1) is 7.68. The van der Waals surface area contributed by atoms with Gasteiger partial charge in [0.25, 0.3) is 5.91 Å². The highest BCUT2D eigenvalue weighted by Gasteiger charge is 2.23. The number of hydrogen-bond donors (Lipinski definition) is 1. The number of carbonyl (C=O) groups excluding carboxylic acids is 1. The van der Waals surface area contributed by atoms with E-state index in [0.717, 1.165) is 0 Å². The predicted molar refractivity (Wildman–Crippen MR) is 69.4 cm³/mol. The van der Waals surface area contributed by atoms with Crippen LogP contribution < -0.4 is 5.73 Å². The Morgan fingerprint density at radius 2 is 2.18 bits per heavy atom. The topological polar surface area (TPSA) is 55.6 Å². The van der Waals surface area contributed by atoms with E-state index in [1.54, 1.807) is 17.0 Å². The molecule has 1 saturated heterocycles. The lowest BCUT2D eigenvalue weighted by Gasteiger charge is -2.31. The predicted octanol–water partition coefficient (Wildman–Crippen LogP) is 1.55. The van der Waals surface area contributed by atoms with Crippen LogP contribution in [0.15, 0.2) is 24.3 Å². The van der Waals surface area contributed by atoms with Gasteiger partial charge >= 0.3 is 0 Å². The molecule has 5 heteroatoms. The number of nitrogens with zero attached hydrogens (tertiary/aromatic N) is 1. The van der Waals surface area contributed by atoms with Crippen LogP contribution in [-0.2, 0) is 4.74 Å². The second kappa shape index (κ2) is 5.89. The molecule has 0 aromatic heterocycles. The Bertz CT molecular complexity index is 398. The van der Waals surface area contributed by atoms with E-state index in [1.807, 2.05) is 19.1 Å². The van der Waals surface area contributed by atoms with Gasteiger partial charge in [0.05, 0.1) is 18.3 Å². The molecule has 1 aliphatic heterocycles. The molecular weight excluding hydrogens is 240 g/mol. The van der Waals surface area contributed by atoms with Crippen LogP contribution in [0.4, 0.5) is 5.69 Å². The molecule has 1 heterocycles. The molecule has 1 unspecified atom stereocenters. The van der Waals surface area contributed by atoms with Crippen molar-refractivity contribution in [2.45, 2.75) is 13.0 Å². The number of benzene rings is 1. The maximum absolute atomic E-state index is 12.2. The summed E-state index contributed by atoms with van der Waals surface area (Å²) in [4.78, 5) is 13.9. The highest BCUT2D eigenvalue weighted by molar-refractivity contribution is 5.99. The number of ether oxygens (including phenoxy) is 1. The molecule has 1 fully saturated rings. The van der Waals surface area contributed by atoms with Gasteiger partial charge in [0.15, 0.2) is 0 Å². The summed E-state index contributed by atoms with van der Waals surface area (Å²) in [6.45, 7) is 3.83. The van der Waals surface area contributed by atoms with Crippen LogP contribution in [0.5, 0.6) is 0 Å². The zero-order chi connectivity index (χ0) is 11.5. The minimum atomic E-state index is -0.00625. The minimum absolute atomic E-state index is 0. The number of morpholine rings is 1. The van der Waals surface area contributed by atoms with Crippen molar-refractivity contribution in [3.8, 4) is 0 Å². The van der Waals surface area contributed by atoms with Crippen molar-refractivity contribution in [1.29, 1.82) is 0 Å². The second-order valence-corrected chi connectivity index (χ2v) is 4.02. The highest BCUT2D eigenvalue weighted by atomic mass is 35.5. The molecule has 1 aromatic rings. The first-order valence-electron chi connectivity index (χ1n) is 5.44. The van der Waals surface area contributed by atoms with Crippen molar-refractivity contribution in [3.63, 3.8) is 0 Å². The molecule has 1 aromatic carbocycles. The fourth-order valence-electron chi connectivity index (χ4n) is 1.87. The number of nitrogens with two attached hydrogens (primary N) is 1. The van der Waals surface area contributed by atoms with Crippen molar-refractivity contribution < 1.29 is 9.53 Å². The minimum Gasteiger partial charge on any atom is -0.398 e. The Kier molecular flexibility index (Phi) is 4.78. The van der Waals surface area contributed by atoms with Crippen molar-refractivity contribution in [2.24, 2.45) is 0 Å². The van der Waals surface area contributed by atoms with E-state index in [-0.39, 0.29) is 24.4 Å². The molecule has 1 atom stereocenters. The largest absolute Gasteiger partial charge is 0.398 e. The molecule has 1 aliphatic rings. The van der Waals surface area contributed by atoms with E-state index >= 15 is 0 Å². The fourth-order valence-corrected chi connectivity index (χ4v) is 1.87. The van der Waals surface area contributed by atoms with Crippen molar-refractivity contribution in [1.82, 2.24) is 4.90 Å². The SMILES string of the molecule is CC1CN(C(=O)c2ccccc2N)CCO1.Cl. The molecule has 0 radical (unpaired) electrons. The fraction of sp³-hybridized carbons (Fsp3) is 0.417. The standard InChI is InChI=1S/C12H16N2O2.ClH/c1-9-8-14(6-7-16-9)12(15)10-4-2-3-5-11(10)13;/h2-5,9H,6-8,13H2,1H3;1H. The average Bonchev–Trinajstić information content (AvgIpc) is 2.29. The summed E-state index contributed by atoms with van der Waals surface area (Å²) in [6, 6.07) is 7.16. The van der Waals surface area contributed by atoms with Crippen LogP contribution in [0, 0.1) is 0 Å². The van der Waals surface area contributed by atoms with Crippen LogP contribution in [0.2, 0.25) is 0 Å². The molecule has 0 bridgehead atoms. The first-order valence-corrected chi connectivity index (χ1v) is 5.44. The van der Waals surface area contributed by atoms with Crippen LogP contribution in [0.25, 0.3) is 0 Å². The Morgan fingerprint density at radius 1 is 1.47 bits per heavy atom. The average molecular weight is 257 g/mol. The molecule has 94 valence electrons. The van der Waals surface area contributed by atoms with Crippen LogP contribution in [0.1, 0.15) is 17.3 Å². The number of rotatable bonds is 1. The molecule has 0 saturated carbocycles. The lowest BCUT2D eigenvalue weighted by Crippen LogP contribution is -2.44. The summed E-state index contributed by atoms with van der Waals surface area (Å²) < 4.78 is 5.40. The number of nitrogen functional groups attached to an aromatic ring is 1. The normalized spacial score (nSPS) is 19.6. The Morgan fingerprint density at radius 3 is 2.82 bits per heavy atom. The van der Waals surface area contributed by atoms with E-state index in [9.17, 15) is 4.79 Å². The summed E-state index contributed by atoms with van der Waals surface area (Å²) in [6.07, 6.45) is 0.0997. The van der Waals surface area contributed by atoms with E-state index in [1.165, 1.54) is 0 Å². The van der Waals surface area contributed by atoms with Gasteiger partial charge in [-0.05, 0) is 19.1 Å². The van der Waals surface area contributed by atoms with Crippen molar-refractivity contribution >= 4 is 24.0 Å². The number of amides is 1. The lowest BCUT2D eigenvalue weighted by atomic mass is 10.1. The van der Waals surface area contributed by atoms with Gasteiger partial charge in [-0.15, -0.1) is 12.4 Å². The molecule has 2 rings (SSSR count). The molecule has 0 aliphatic carbocycles. The maximum Gasteiger partial charge on any atom is 0.256 e. The van der Waals surface area contributed by atoms with Crippen LogP contribution in [-0.4, -0.2) is 36.6 Å². The van der Waals surface area contributed by atoms with Crippen LogP contribution in [0.3, 0.4) is 0 Å². The molecule has 1 amide bonds. The number of halogens is 1. The van der Waals surface area contributed by atoms with E-state index in [4.69, 9.17) is 10.5 Å². The molecule has 4 nitrogen and oxygen atoms in total. The summed E-state index contributed by atoms with van der Waals surface area (Å²) in [5, 5.41) is 0. The Labute approximate surface area is 107 Å². The maximum atomic E-state index is 12.2. The summed E-state index contributed by atoms with van der Waals surface area (Å²) >= 11 is 0. The van der Waals surface area contributed by atoms with Crippen molar-refractivity contribution in [3.05, 3.63) is 29.8 Å². The van der Waals surface area contributed by atoms with Gasteiger partial charge in [-0.25, -0.2) is 0 Å². The van der Waals surface area contributed by atoms with Gasteiger partial charge in [-0.1, -0.05) is 12.1 Å². The summed E-state index contributed by atoms with van der Waals surface area (Å²) in [5.41, 5.74) is 6.90. The van der Waals surface area contributed by atoms with Gasteiger partial charge < -0.3 is 15.4 Å². The monoisotopic (exact) mass is 256 g/mol. The molecule has 2 N–H and O–H groups in total. The van der Waals surface area contributed by atoms with Gasteiger partial charge in [-0.3, -0.25) is 4.79 Å². The van der Waals surface area contributed by atoms with Gasteiger partial charge in [-0.2, -0.15) is 0 Å². The molecular formula is C12H17ClN2O2. The molecule has 17 heavy (non-hydrogen) atoms. The Balaban J connectivity index is 0.00000144. The number of anilines is 1. The number of para-hydroxylation sites is 1. The third-order valence-corrected chi connectivity index (χ3v) is 2.72. The van der Waals surface area contributed by atoms with Crippen molar-refractivity contribution in [2.75, 3.05) is 25.4 Å². The molecule has 0 spiro atoms. The third kappa shape index (κ3) is 3.11. The Hall–Kier alpha value is -1.26. The van der Waals surface area contributed by atoms with Gasteiger partial charge in [0.1, 0.15) is 0 Å². The number of hydrogen-bond acceptors (Lipinski definition) is 3.